The molecule has 0 radical (unpaired) electrons. The van der Waals surface area contributed by atoms with Crippen LogP contribution in [0.3, 0.4) is 0 Å². The van der Waals surface area contributed by atoms with Gasteiger partial charge < -0.3 is 20.0 Å². The van der Waals surface area contributed by atoms with Gasteiger partial charge in [0, 0.05) is 6.54 Å². The molecule has 0 saturated heterocycles. The number of rotatable bonds is 5. The maximum Gasteiger partial charge on any atom is 0.159 e. The van der Waals surface area contributed by atoms with Crippen molar-refractivity contribution >= 4 is 5.84 Å². The van der Waals surface area contributed by atoms with Gasteiger partial charge in [-0.05, 0) is 29.8 Å². The Morgan fingerprint density at radius 2 is 1.82 bits per heavy atom. The van der Waals surface area contributed by atoms with Crippen LogP contribution in [0.15, 0.2) is 59.8 Å². The number of para-hydroxylation sites is 1. The van der Waals surface area contributed by atoms with Crippen LogP contribution in [0, 0.1) is 0 Å². The molecule has 1 aliphatic heterocycles. The fourth-order valence-electron chi connectivity index (χ4n) is 2.24. The molecule has 0 aromatic heterocycles. The third-order valence-electron chi connectivity index (χ3n) is 3.34. The lowest BCUT2D eigenvalue weighted by molar-refractivity contribution is 0.0856. The predicted octanol–water partition coefficient (Wildman–Crippen LogP) is 2.84. The molecule has 114 valence electrons. The van der Waals surface area contributed by atoms with E-state index in [1.807, 2.05) is 54.6 Å². The molecular weight excluding hydrogens is 280 g/mol. The zero-order chi connectivity index (χ0) is 15.2. The zero-order valence-corrected chi connectivity index (χ0v) is 12.1. The molecule has 5 nitrogen and oxygen atoms in total. The van der Waals surface area contributed by atoms with Gasteiger partial charge in [-0.25, -0.2) is 0 Å². The highest BCUT2D eigenvalue weighted by atomic mass is 16.6. The van der Waals surface area contributed by atoms with Crippen LogP contribution in [0.2, 0.25) is 0 Å². The van der Waals surface area contributed by atoms with Gasteiger partial charge in [0.25, 0.3) is 0 Å². The summed E-state index contributed by atoms with van der Waals surface area (Å²) in [7, 11) is 0. The number of benzene rings is 2. The number of ether oxygens (including phenoxy) is 1. The first-order valence-electron chi connectivity index (χ1n) is 7.25. The maximum absolute atomic E-state index is 8.79. The van der Waals surface area contributed by atoms with Crippen molar-refractivity contribution in [2.75, 3.05) is 13.2 Å². The van der Waals surface area contributed by atoms with E-state index in [0.717, 1.165) is 22.9 Å². The maximum atomic E-state index is 8.79. The van der Waals surface area contributed by atoms with Crippen LogP contribution in [0.5, 0.6) is 11.5 Å². The molecule has 2 aromatic carbocycles. The van der Waals surface area contributed by atoms with Gasteiger partial charge in [-0.1, -0.05) is 35.5 Å². The Balaban J connectivity index is 1.58. The van der Waals surface area contributed by atoms with Gasteiger partial charge in [-0.3, -0.25) is 0 Å². The van der Waals surface area contributed by atoms with Crippen molar-refractivity contribution in [3.63, 3.8) is 0 Å². The van der Waals surface area contributed by atoms with Crippen LogP contribution >= 0.6 is 0 Å². The van der Waals surface area contributed by atoms with E-state index in [-0.39, 0.29) is 12.7 Å². The summed E-state index contributed by atoms with van der Waals surface area (Å²) < 4.78 is 5.76. The molecular formula is C17H18N2O3. The lowest BCUT2D eigenvalue weighted by Gasteiger charge is -2.10. The van der Waals surface area contributed by atoms with Crippen LogP contribution in [-0.4, -0.2) is 24.1 Å². The monoisotopic (exact) mass is 298 g/mol. The van der Waals surface area contributed by atoms with Gasteiger partial charge >= 0.3 is 0 Å². The number of hydrogen-bond acceptors (Lipinski definition) is 5. The van der Waals surface area contributed by atoms with E-state index in [1.165, 1.54) is 0 Å². The van der Waals surface area contributed by atoms with Crippen molar-refractivity contribution in [2.45, 2.75) is 12.5 Å². The fourth-order valence-corrected chi connectivity index (χ4v) is 2.24. The normalized spacial score (nSPS) is 16.8. The molecule has 1 heterocycles. The molecule has 22 heavy (non-hydrogen) atoms. The molecule has 0 amide bonds. The van der Waals surface area contributed by atoms with Crippen molar-refractivity contribution in [1.29, 1.82) is 0 Å². The van der Waals surface area contributed by atoms with E-state index in [1.54, 1.807) is 0 Å². The molecule has 2 N–H and O–H groups in total. The standard InChI is InChI=1S/C17H18N2O3/c20-11-10-18-17-12-16(22-19-17)13-6-8-15(9-7-13)21-14-4-2-1-3-5-14/h1-9,16,20H,10-12H2,(H,18,19)/t16-/m1/s1. The summed E-state index contributed by atoms with van der Waals surface area (Å²) in [5, 5.41) is 15.8. The van der Waals surface area contributed by atoms with Gasteiger partial charge in [-0.15, -0.1) is 0 Å². The van der Waals surface area contributed by atoms with Crippen molar-refractivity contribution in [3.8, 4) is 11.5 Å². The minimum atomic E-state index is -0.0908. The number of amidine groups is 1. The average molecular weight is 298 g/mol. The number of aliphatic hydroxyl groups excluding tert-OH is 1. The Kier molecular flexibility index (Phi) is 4.56. The first-order valence-corrected chi connectivity index (χ1v) is 7.25. The minimum absolute atomic E-state index is 0.0786. The molecule has 0 aliphatic carbocycles. The number of hydrogen-bond donors (Lipinski definition) is 2. The second-order valence-electron chi connectivity index (χ2n) is 4.97. The Morgan fingerprint density at radius 1 is 1.09 bits per heavy atom. The van der Waals surface area contributed by atoms with E-state index in [9.17, 15) is 0 Å². The van der Waals surface area contributed by atoms with E-state index in [2.05, 4.69) is 10.5 Å². The SMILES string of the molecule is OCCNC1=NO[C@@H](c2ccc(Oc3ccccc3)cc2)C1. The Hall–Kier alpha value is -2.53. The summed E-state index contributed by atoms with van der Waals surface area (Å²) in [6.45, 7) is 0.563. The van der Waals surface area contributed by atoms with Crippen molar-refractivity contribution in [1.82, 2.24) is 5.32 Å². The van der Waals surface area contributed by atoms with Gasteiger partial charge in [-0.2, -0.15) is 0 Å². The summed E-state index contributed by atoms with van der Waals surface area (Å²) in [5.74, 6) is 2.36. The van der Waals surface area contributed by atoms with Crippen LogP contribution < -0.4 is 10.1 Å². The van der Waals surface area contributed by atoms with Crippen LogP contribution in [0.1, 0.15) is 18.1 Å². The highest BCUT2D eigenvalue weighted by molar-refractivity contribution is 5.83. The topological polar surface area (TPSA) is 63.1 Å². The van der Waals surface area contributed by atoms with Gasteiger partial charge in [0.1, 0.15) is 17.3 Å². The predicted molar refractivity (Wildman–Crippen MR) is 83.9 cm³/mol. The highest BCUT2D eigenvalue weighted by Crippen LogP contribution is 2.29. The summed E-state index contributed by atoms with van der Waals surface area (Å²) >= 11 is 0. The molecule has 5 heteroatoms. The molecule has 0 unspecified atom stereocenters. The number of nitrogens with one attached hydrogen (secondary N) is 1. The molecule has 0 saturated carbocycles. The number of oxime groups is 1. The van der Waals surface area contributed by atoms with E-state index >= 15 is 0 Å². The highest BCUT2D eigenvalue weighted by Gasteiger charge is 2.22. The van der Waals surface area contributed by atoms with Crippen LogP contribution in [-0.2, 0) is 4.84 Å². The largest absolute Gasteiger partial charge is 0.457 e. The third-order valence-corrected chi connectivity index (χ3v) is 3.34. The van der Waals surface area contributed by atoms with Crippen molar-refractivity contribution in [2.24, 2.45) is 5.16 Å². The van der Waals surface area contributed by atoms with Crippen LogP contribution in [0.4, 0.5) is 0 Å². The first kappa shape index (κ1) is 14.4. The van der Waals surface area contributed by atoms with Crippen molar-refractivity contribution < 1.29 is 14.7 Å². The van der Waals surface area contributed by atoms with Gasteiger partial charge in [0.05, 0.1) is 13.0 Å². The first-order chi connectivity index (χ1) is 10.8. The number of aliphatic hydroxyl groups is 1. The fraction of sp³-hybridized carbons (Fsp3) is 0.235. The molecule has 3 rings (SSSR count). The second-order valence-corrected chi connectivity index (χ2v) is 4.97. The summed E-state index contributed by atoms with van der Waals surface area (Å²) in [4.78, 5) is 5.41. The van der Waals surface area contributed by atoms with Crippen molar-refractivity contribution in [3.05, 3.63) is 60.2 Å². The summed E-state index contributed by atoms with van der Waals surface area (Å²) in [6, 6.07) is 17.5. The average Bonchev–Trinajstić information content (AvgIpc) is 3.03. The second kappa shape index (κ2) is 6.95. The lowest BCUT2D eigenvalue weighted by Crippen LogP contribution is -2.25. The molecule has 2 aromatic rings. The Bertz CT molecular complexity index is 626. The molecule has 0 fully saturated rings. The lowest BCUT2D eigenvalue weighted by atomic mass is 10.1. The van der Waals surface area contributed by atoms with Crippen LogP contribution in [0.25, 0.3) is 0 Å². The number of nitrogens with zero attached hydrogens (tertiary/aromatic N) is 1. The quantitative estimate of drug-likeness (QED) is 0.891. The van der Waals surface area contributed by atoms with E-state index in [0.29, 0.717) is 13.0 Å². The van der Waals surface area contributed by atoms with E-state index in [4.69, 9.17) is 14.7 Å². The summed E-state index contributed by atoms with van der Waals surface area (Å²) in [5.41, 5.74) is 1.05. The van der Waals surface area contributed by atoms with Gasteiger partial charge in [0.15, 0.2) is 6.10 Å². The molecule has 1 atom stereocenters. The minimum Gasteiger partial charge on any atom is -0.457 e. The zero-order valence-electron chi connectivity index (χ0n) is 12.1. The molecule has 0 spiro atoms. The molecule has 1 aliphatic rings. The summed E-state index contributed by atoms with van der Waals surface area (Å²) in [6.07, 6.45) is 0.589. The smallest absolute Gasteiger partial charge is 0.159 e. The Labute approximate surface area is 129 Å². The van der Waals surface area contributed by atoms with Gasteiger partial charge in [0.2, 0.25) is 0 Å². The third kappa shape index (κ3) is 3.56. The Morgan fingerprint density at radius 3 is 2.55 bits per heavy atom. The van der Waals surface area contributed by atoms with E-state index < -0.39 is 0 Å². The molecule has 0 bridgehead atoms.